The first-order chi connectivity index (χ1) is 12.6. The van der Waals surface area contributed by atoms with E-state index in [0.29, 0.717) is 5.92 Å². The van der Waals surface area contributed by atoms with Crippen LogP contribution in [0.15, 0.2) is 48.5 Å². The van der Waals surface area contributed by atoms with E-state index in [-0.39, 0.29) is 0 Å². The maximum Gasteiger partial charge on any atom is 0.111 e. The van der Waals surface area contributed by atoms with Crippen molar-refractivity contribution in [3.05, 3.63) is 59.7 Å². The highest BCUT2D eigenvalue weighted by Gasteiger charge is 2.34. The molecule has 1 heteroatoms. The minimum absolute atomic E-state index is 0.529. The number of halogens is 1. The van der Waals surface area contributed by atoms with Crippen molar-refractivity contribution in [2.75, 3.05) is 0 Å². The minimum atomic E-state index is -0.896. The second-order valence-electron chi connectivity index (χ2n) is 8.10. The van der Waals surface area contributed by atoms with Crippen LogP contribution in [-0.2, 0) is 6.42 Å². The van der Waals surface area contributed by atoms with Gasteiger partial charge in [-0.15, -0.1) is 0 Å². The topological polar surface area (TPSA) is 0 Å². The van der Waals surface area contributed by atoms with Gasteiger partial charge in [0.1, 0.15) is 5.67 Å². The first-order valence-electron chi connectivity index (χ1n) is 10.5. The standard InChI is InChI=1S/C25H33F/c1-3-5-17-25(26)18-15-24(16-19-25)23-13-11-22(12-14-23)21-9-7-20(6-4-2)8-10-21/h7-14,24H,3-6,15-19H2,1-2H3. The van der Waals surface area contributed by atoms with Gasteiger partial charge in [0.25, 0.3) is 0 Å². The molecule has 0 atom stereocenters. The van der Waals surface area contributed by atoms with Gasteiger partial charge >= 0.3 is 0 Å². The van der Waals surface area contributed by atoms with E-state index >= 15 is 0 Å². The van der Waals surface area contributed by atoms with Gasteiger partial charge in [0.2, 0.25) is 0 Å². The lowest BCUT2D eigenvalue weighted by molar-refractivity contribution is 0.0856. The third-order valence-electron chi connectivity index (χ3n) is 6.07. The molecule has 1 aliphatic rings. The molecule has 1 fully saturated rings. The van der Waals surface area contributed by atoms with Crippen LogP contribution in [0, 0.1) is 0 Å². The van der Waals surface area contributed by atoms with Gasteiger partial charge < -0.3 is 0 Å². The summed E-state index contributed by atoms with van der Waals surface area (Å²) in [4.78, 5) is 0. The van der Waals surface area contributed by atoms with E-state index in [0.717, 1.165) is 51.4 Å². The van der Waals surface area contributed by atoms with Gasteiger partial charge in [-0.25, -0.2) is 4.39 Å². The van der Waals surface area contributed by atoms with Gasteiger partial charge in [-0.3, -0.25) is 0 Å². The zero-order chi connectivity index (χ0) is 18.4. The molecule has 0 saturated heterocycles. The van der Waals surface area contributed by atoms with Gasteiger partial charge in [0.15, 0.2) is 0 Å². The van der Waals surface area contributed by atoms with Gasteiger partial charge in [-0.1, -0.05) is 81.6 Å². The van der Waals surface area contributed by atoms with Crippen molar-refractivity contribution in [3.8, 4) is 11.1 Å². The second kappa shape index (κ2) is 8.84. The summed E-state index contributed by atoms with van der Waals surface area (Å²) in [5.41, 5.74) is 4.45. The third kappa shape index (κ3) is 4.75. The maximum atomic E-state index is 14.8. The molecule has 0 aromatic heterocycles. The Labute approximate surface area is 158 Å². The highest BCUT2D eigenvalue weighted by Crippen LogP contribution is 2.42. The summed E-state index contributed by atoms with van der Waals surface area (Å²) in [5, 5.41) is 0. The Morgan fingerprint density at radius 2 is 1.42 bits per heavy atom. The molecule has 1 aliphatic carbocycles. The van der Waals surface area contributed by atoms with Crippen molar-refractivity contribution in [2.24, 2.45) is 0 Å². The van der Waals surface area contributed by atoms with Gasteiger partial charge in [-0.05, 0) is 66.7 Å². The number of benzene rings is 2. The SMILES string of the molecule is CCCCC1(F)CCC(c2ccc(-c3ccc(CCC)cc3)cc2)CC1. The number of alkyl halides is 1. The Balaban J connectivity index is 1.61. The van der Waals surface area contributed by atoms with Crippen LogP contribution in [0.1, 0.15) is 82.3 Å². The second-order valence-corrected chi connectivity index (χ2v) is 8.10. The van der Waals surface area contributed by atoms with E-state index in [1.165, 1.54) is 28.7 Å². The van der Waals surface area contributed by atoms with Crippen molar-refractivity contribution in [1.29, 1.82) is 0 Å². The van der Waals surface area contributed by atoms with E-state index in [9.17, 15) is 4.39 Å². The summed E-state index contributed by atoms with van der Waals surface area (Å²) in [6, 6.07) is 17.9. The zero-order valence-corrected chi connectivity index (χ0v) is 16.4. The summed E-state index contributed by atoms with van der Waals surface area (Å²) in [5.74, 6) is 0.529. The third-order valence-corrected chi connectivity index (χ3v) is 6.07. The molecule has 1 saturated carbocycles. The molecule has 0 heterocycles. The van der Waals surface area contributed by atoms with Crippen LogP contribution in [0.4, 0.5) is 4.39 Å². The molecule has 26 heavy (non-hydrogen) atoms. The fourth-order valence-corrected chi connectivity index (χ4v) is 4.31. The van der Waals surface area contributed by atoms with Crippen molar-refractivity contribution in [1.82, 2.24) is 0 Å². The largest absolute Gasteiger partial charge is 0.244 e. The van der Waals surface area contributed by atoms with E-state index in [1.54, 1.807) is 0 Å². The zero-order valence-electron chi connectivity index (χ0n) is 16.4. The fraction of sp³-hybridized carbons (Fsp3) is 0.520. The van der Waals surface area contributed by atoms with Gasteiger partial charge in [0.05, 0.1) is 0 Å². The number of hydrogen-bond donors (Lipinski definition) is 0. The average molecular weight is 353 g/mol. The summed E-state index contributed by atoms with van der Waals surface area (Å²) in [6.45, 7) is 4.36. The molecule has 0 spiro atoms. The lowest BCUT2D eigenvalue weighted by Crippen LogP contribution is -2.28. The molecular weight excluding hydrogens is 319 g/mol. The van der Waals surface area contributed by atoms with Crippen molar-refractivity contribution >= 4 is 0 Å². The number of hydrogen-bond acceptors (Lipinski definition) is 0. The van der Waals surface area contributed by atoms with Crippen molar-refractivity contribution in [2.45, 2.75) is 83.2 Å². The summed E-state index contributed by atoms with van der Waals surface area (Å²) >= 11 is 0. The van der Waals surface area contributed by atoms with Gasteiger partial charge in [0, 0.05) is 0 Å². The maximum absolute atomic E-state index is 14.8. The van der Waals surface area contributed by atoms with Crippen LogP contribution in [0.2, 0.25) is 0 Å². The van der Waals surface area contributed by atoms with Crippen LogP contribution < -0.4 is 0 Å². The van der Waals surface area contributed by atoms with Crippen LogP contribution in [-0.4, -0.2) is 5.67 Å². The predicted octanol–water partition coefficient (Wildman–Crippen LogP) is 7.86. The van der Waals surface area contributed by atoms with Crippen molar-refractivity contribution in [3.63, 3.8) is 0 Å². The highest BCUT2D eigenvalue weighted by molar-refractivity contribution is 5.64. The molecule has 0 nitrogen and oxygen atoms in total. The monoisotopic (exact) mass is 352 g/mol. The fourth-order valence-electron chi connectivity index (χ4n) is 4.31. The number of aryl methyl sites for hydroxylation is 1. The number of unbranched alkanes of at least 4 members (excludes halogenated alkanes) is 1. The van der Waals surface area contributed by atoms with E-state index < -0.39 is 5.67 Å². The molecular formula is C25H33F. The smallest absolute Gasteiger partial charge is 0.111 e. The molecule has 140 valence electrons. The lowest BCUT2D eigenvalue weighted by atomic mass is 9.75. The van der Waals surface area contributed by atoms with Crippen LogP contribution in [0.5, 0.6) is 0 Å². The Hall–Kier alpha value is -1.63. The summed E-state index contributed by atoms with van der Waals surface area (Å²) in [7, 11) is 0. The summed E-state index contributed by atoms with van der Waals surface area (Å²) in [6.07, 6.45) is 8.66. The predicted molar refractivity (Wildman–Crippen MR) is 110 cm³/mol. The highest BCUT2D eigenvalue weighted by atomic mass is 19.1. The molecule has 0 unspecified atom stereocenters. The molecule has 0 amide bonds. The first kappa shape index (κ1) is 19.1. The van der Waals surface area contributed by atoms with E-state index in [2.05, 4.69) is 62.4 Å². The summed E-state index contributed by atoms with van der Waals surface area (Å²) < 4.78 is 14.8. The van der Waals surface area contributed by atoms with Crippen LogP contribution in [0.3, 0.4) is 0 Å². The Morgan fingerprint density at radius 1 is 0.846 bits per heavy atom. The first-order valence-corrected chi connectivity index (χ1v) is 10.5. The van der Waals surface area contributed by atoms with Crippen LogP contribution in [0.25, 0.3) is 11.1 Å². The molecule has 0 radical (unpaired) electrons. The molecule has 2 aromatic carbocycles. The normalized spacial score (nSPS) is 23.1. The quantitative estimate of drug-likeness (QED) is 0.475. The van der Waals surface area contributed by atoms with E-state index in [4.69, 9.17) is 0 Å². The van der Waals surface area contributed by atoms with Gasteiger partial charge in [-0.2, -0.15) is 0 Å². The Kier molecular flexibility index (Phi) is 6.51. The molecule has 2 aromatic rings. The van der Waals surface area contributed by atoms with E-state index in [1.807, 2.05) is 0 Å². The molecule has 0 N–H and O–H groups in total. The Morgan fingerprint density at radius 3 is 1.96 bits per heavy atom. The Bertz CT molecular complexity index is 660. The van der Waals surface area contributed by atoms with Crippen LogP contribution >= 0.6 is 0 Å². The molecule has 3 rings (SSSR count). The molecule has 0 bridgehead atoms. The lowest BCUT2D eigenvalue weighted by Gasteiger charge is -2.34. The van der Waals surface area contributed by atoms with Crippen molar-refractivity contribution < 1.29 is 4.39 Å². The molecule has 0 aliphatic heterocycles. The average Bonchev–Trinajstić information content (AvgIpc) is 2.68. The minimum Gasteiger partial charge on any atom is -0.244 e. The number of rotatable bonds is 7.